The lowest BCUT2D eigenvalue weighted by Crippen LogP contribution is -2.29. The molecule has 0 aliphatic heterocycles. The molecule has 0 radical (unpaired) electrons. The minimum Gasteiger partial charge on any atom is -0.328 e. The average molecular weight is 166 g/mol. The fourth-order valence-electron chi connectivity index (χ4n) is 1.85. The Bertz CT molecular complexity index is 231. The van der Waals surface area contributed by atoms with Crippen LogP contribution in [0.25, 0.3) is 0 Å². The van der Waals surface area contributed by atoms with Gasteiger partial charge in [0.2, 0.25) is 0 Å². The van der Waals surface area contributed by atoms with Crippen LogP contribution in [0.2, 0.25) is 0 Å². The Balaban J connectivity index is 2.04. The molecule has 1 aliphatic rings. The molecule has 1 heterocycles. The van der Waals surface area contributed by atoms with Crippen LogP contribution >= 0.6 is 0 Å². The summed E-state index contributed by atoms with van der Waals surface area (Å²) in [5, 5.41) is 4.12. The molecule has 0 spiro atoms. The van der Waals surface area contributed by atoms with E-state index >= 15 is 0 Å². The van der Waals surface area contributed by atoms with Gasteiger partial charge in [-0.2, -0.15) is 5.10 Å². The molecule has 0 bridgehead atoms. The van der Waals surface area contributed by atoms with Gasteiger partial charge in [0.15, 0.2) is 0 Å². The van der Waals surface area contributed by atoms with Crippen molar-refractivity contribution < 1.29 is 0 Å². The van der Waals surface area contributed by atoms with Gasteiger partial charge < -0.3 is 5.73 Å². The van der Waals surface area contributed by atoms with E-state index in [0.29, 0.717) is 12.1 Å². The number of hydrogen-bond acceptors (Lipinski definition) is 3. The zero-order valence-corrected chi connectivity index (χ0v) is 7.06. The van der Waals surface area contributed by atoms with Crippen molar-refractivity contribution in [3.05, 3.63) is 12.7 Å². The van der Waals surface area contributed by atoms with Crippen LogP contribution in [0, 0.1) is 0 Å². The van der Waals surface area contributed by atoms with E-state index in [1.807, 2.05) is 4.68 Å². The van der Waals surface area contributed by atoms with Gasteiger partial charge in [-0.25, -0.2) is 9.67 Å². The maximum Gasteiger partial charge on any atom is 0.137 e. The van der Waals surface area contributed by atoms with Crippen molar-refractivity contribution in [2.45, 2.75) is 37.8 Å². The first-order chi connectivity index (χ1) is 5.86. The third-order valence-electron chi connectivity index (χ3n) is 2.50. The summed E-state index contributed by atoms with van der Waals surface area (Å²) in [7, 11) is 0. The van der Waals surface area contributed by atoms with Crippen LogP contribution in [-0.4, -0.2) is 20.8 Å². The van der Waals surface area contributed by atoms with Crippen molar-refractivity contribution in [3.63, 3.8) is 0 Å². The highest BCUT2D eigenvalue weighted by atomic mass is 15.3. The highest BCUT2D eigenvalue weighted by molar-refractivity contribution is 4.79. The second-order valence-electron chi connectivity index (χ2n) is 3.46. The Morgan fingerprint density at radius 1 is 1.42 bits per heavy atom. The van der Waals surface area contributed by atoms with Crippen molar-refractivity contribution in [1.82, 2.24) is 14.8 Å². The molecule has 1 aromatic rings. The topological polar surface area (TPSA) is 56.7 Å². The van der Waals surface area contributed by atoms with E-state index in [1.165, 1.54) is 12.8 Å². The molecule has 12 heavy (non-hydrogen) atoms. The predicted molar refractivity (Wildman–Crippen MR) is 45.5 cm³/mol. The lowest BCUT2D eigenvalue weighted by atomic mass is 9.92. The van der Waals surface area contributed by atoms with Gasteiger partial charge in [-0.15, -0.1) is 0 Å². The van der Waals surface area contributed by atoms with E-state index in [0.717, 1.165) is 12.8 Å². The average Bonchev–Trinajstić information content (AvgIpc) is 2.56. The second-order valence-corrected chi connectivity index (χ2v) is 3.46. The van der Waals surface area contributed by atoms with Crippen molar-refractivity contribution in [2.75, 3.05) is 0 Å². The monoisotopic (exact) mass is 166 g/mol. The molecule has 2 atom stereocenters. The lowest BCUT2D eigenvalue weighted by molar-refractivity contribution is 0.300. The first kappa shape index (κ1) is 7.73. The second kappa shape index (κ2) is 3.23. The first-order valence-electron chi connectivity index (χ1n) is 4.46. The molecule has 0 saturated heterocycles. The minimum absolute atomic E-state index is 0.355. The van der Waals surface area contributed by atoms with Crippen LogP contribution in [0.4, 0.5) is 0 Å². The largest absolute Gasteiger partial charge is 0.328 e. The van der Waals surface area contributed by atoms with Crippen molar-refractivity contribution in [2.24, 2.45) is 5.73 Å². The van der Waals surface area contributed by atoms with Gasteiger partial charge in [-0.3, -0.25) is 0 Å². The molecule has 2 unspecified atom stereocenters. The zero-order valence-electron chi connectivity index (χ0n) is 7.06. The summed E-state index contributed by atoms with van der Waals surface area (Å²) in [6.07, 6.45) is 7.97. The maximum atomic E-state index is 5.87. The van der Waals surface area contributed by atoms with Gasteiger partial charge in [0.1, 0.15) is 12.7 Å². The van der Waals surface area contributed by atoms with E-state index in [4.69, 9.17) is 5.73 Å². The van der Waals surface area contributed by atoms with Crippen LogP contribution in [0.1, 0.15) is 31.7 Å². The summed E-state index contributed by atoms with van der Waals surface area (Å²) in [6.45, 7) is 0. The molecule has 1 saturated carbocycles. The molecule has 4 heteroatoms. The summed E-state index contributed by atoms with van der Waals surface area (Å²) in [5.74, 6) is 0. The third-order valence-corrected chi connectivity index (χ3v) is 2.50. The normalized spacial score (nSPS) is 30.4. The number of hydrogen-bond donors (Lipinski definition) is 1. The number of aromatic nitrogens is 3. The van der Waals surface area contributed by atoms with Crippen molar-refractivity contribution in [1.29, 1.82) is 0 Å². The third kappa shape index (κ3) is 1.48. The minimum atomic E-state index is 0.355. The number of rotatable bonds is 1. The van der Waals surface area contributed by atoms with Crippen LogP contribution in [0.3, 0.4) is 0 Å². The number of nitrogens with zero attached hydrogens (tertiary/aromatic N) is 3. The summed E-state index contributed by atoms with van der Waals surface area (Å²) in [4.78, 5) is 3.93. The van der Waals surface area contributed by atoms with Crippen LogP contribution < -0.4 is 5.73 Å². The summed E-state index contributed by atoms with van der Waals surface area (Å²) < 4.78 is 1.93. The fraction of sp³-hybridized carbons (Fsp3) is 0.750. The highest BCUT2D eigenvalue weighted by Crippen LogP contribution is 2.26. The van der Waals surface area contributed by atoms with Gasteiger partial charge in [-0.1, -0.05) is 0 Å². The molecule has 1 aromatic heterocycles. The van der Waals surface area contributed by atoms with Crippen molar-refractivity contribution in [3.8, 4) is 0 Å². The summed E-state index contributed by atoms with van der Waals surface area (Å²) >= 11 is 0. The zero-order chi connectivity index (χ0) is 8.39. The molecule has 66 valence electrons. The maximum absolute atomic E-state index is 5.87. The Morgan fingerprint density at radius 3 is 3.00 bits per heavy atom. The fourth-order valence-corrected chi connectivity index (χ4v) is 1.85. The van der Waals surface area contributed by atoms with Gasteiger partial charge in [-0.05, 0) is 25.7 Å². The van der Waals surface area contributed by atoms with Crippen LogP contribution in [-0.2, 0) is 0 Å². The standard InChI is InChI=1S/C8H14N4/c9-7-2-1-3-8(4-7)12-6-10-5-11-12/h5-8H,1-4,9H2. The Morgan fingerprint density at radius 2 is 2.33 bits per heavy atom. The molecule has 1 aliphatic carbocycles. The molecular weight excluding hydrogens is 152 g/mol. The quantitative estimate of drug-likeness (QED) is 0.668. The first-order valence-corrected chi connectivity index (χ1v) is 4.46. The number of nitrogens with two attached hydrogens (primary N) is 1. The van der Waals surface area contributed by atoms with Gasteiger partial charge in [0, 0.05) is 6.04 Å². The lowest BCUT2D eigenvalue weighted by Gasteiger charge is -2.26. The van der Waals surface area contributed by atoms with Gasteiger partial charge >= 0.3 is 0 Å². The van der Waals surface area contributed by atoms with E-state index in [2.05, 4.69) is 10.1 Å². The Labute approximate surface area is 71.8 Å². The van der Waals surface area contributed by atoms with Crippen LogP contribution in [0.5, 0.6) is 0 Å². The van der Waals surface area contributed by atoms with E-state index in [1.54, 1.807) is 12.7 Å². The molecule has 2 rings (SSSR count). The molecule has 0 aromatic carbocycles. The predicted octanol–water partition coefficient (Wildman–Crippen LogP) is 0.720. The van der Waals surface area contributed by atoms with Gasteiger partial charge in [0.05, 0.1) is 6.04 Å². The van der Waals surface area contributed by atoms with E-state index in [-0.39, 0.29) is 0 Å². The van der Waals surface area contributed by atoms with Crippen LogP contribution in [0.15, 0.2) is 12.7 Å². The molecule has 1 fully saturated rings. The SMILES string of the molecule is NC1CCCC(n2cncn2)C1. The molecule has 4 nitrogen and oxygen atoms in total. The van der Waals surface area contributed by atoms with Crippen molar-refractivity contribution >= 4 is 0 Å². The van der Waals surface area contributed by atoms with Gasteiger partial charge in [0.25, 0.3) is 0 Å². The Hall–Kier alpha value is -0.900. The van der Waals surface area contributed by atoms with E-state index in [9.17, 15) is 0 Å². The molecule has 0 amide bonds. The summed E-state index contributed by atoms with van der Waals surface area (Å²) in [6, 6.07) is 0.837. The highest BCUT2D eigenvalue weighted by Gasteiger charge is 2.20. The molecular formula is C8H14N4. The smallest absolute Gasteiger partial charge is 0.137 e. The summed E-state index contributed by atoms with van der Waals surface area (Å²) in [5.41, 5.74) is 5.87. The van der Waals surface area contributed by atoms with E-state index < -0.39 is 0 Å². The Kier molecular flexibility index (Phi) is 2.08. The molecule has 2 N–H and O–H groups in total.